The van der Waals surface area contributed by atoms with Gasteiger partial charge in [0.05, 0.1) is 17.7 Å². The lowest BCUT2D eigenvalue weighted by Gasteiger charge is -2.24. The van der Waals surface area contributed by atoms with E-state index in [9.17, 15) is 0 Å². The molecule has 0 fully saturated rings. The summed E-state index contributed by atoms with van der Waals surface area (Å²) in [4.78, 5) is 4.72. The maximum absolute atomic E-state index is 5.53. The van der Waals surface area contributed by atoms with Gasteiger partial charge in [-0.05, 0) is 6.42 Å². The molecule has 1 heterocycles. The average Bonchev–Trinajstić information content (AvgIpc) is 3.17. The standard InChI is InChI=1S/C21H26N2O3Si/c1-24-27(25-2,26-3)16-10-15-23-17-22-20(18-11-6-4-7-12-18)21(23)19-13-8-5-9-14-19/h4-9,11-14,17H,10,15-16H2,1-3H3. The minimum atomic E-state index is -2.56. The van der Waals surface area contributed by atoms with Crippen LogP contribution in [0.4, 0.5) is 0 Å². The second kappa shape index (κ2) is 9.10. The van der Waals surface area contributed by atoms with Gasteiger partial charge in [-0.3, -0.25) is 0 Å². The minimum absolute atomic E-state index is 0.754. The molecule has 0 radical (unpaired) electrons. The number of nitrogens with zero attached hydrogens (tertiary/aromatic N) is 2. The van der Waals surface area contributed by atoms with Crippen LogP contribution < -0.4 is 0 Å². The molecule has 1 aromatic heterocycles. The molecule has 0 aliphatic rings. The predicted molar refractivity (Wildman–Crippen MR) is 109 cm³/mol. The van der Waals surface area contributed by atoms with Crippen LogP contribution in [0.3, 0.4) is 0 Å². The van der Waals surface area contributed by atoms with Gasteiger partial charge in [0.25, 0.3) is 0 Å². The van der Waals surface area contributed by atoms with E-state index in [2.05, 4.69) is 41.0 Å². The number of hydrogen-bond donors (Lipinski definition) is 0. The van der Waals surface area contributed by atoms with Crippen LogP contribution >= 0.6 is 0 Å². The Morgan fingerprint density at radius 1 is 0.815 bits per heavy atom. The number of aromatic nitrogens is 2. The Labute approximate surface area is 161 Å². The maximum atomic E-state index is 5.53. The van der Waals surface area contributed by atoms with Gasteiger partial charge in [0.1, 0.15) is 0 Å². The molecule has 5 nitrogen and oxygen atoms in total. The summed E-state index contributed by atoms with van der Waals surface area (Å²) < 4.78 is 18.8. The summed E-state index contributed by atoms with van der Waals surface area (Å²) in [6, 6.07) is 21.4. The van der Waals surface area contributed by atoms with E-state index in [-0.39, 0.29) is 0 Å². The first-order valence-electron chi connectivity index (χ1n) is 9.04. The summed E-state index contributed by atoms with van der Waals surface area (Å²) in [6.45, 7) is 0.814. The van der Waals surface area contributed by atoms with E-state index in [0.717, 1.165) is 41.5 Å². The quantitative estimate of drug-likeness (QED) is 0.512. The first kappa shape index (κ1) is 19.5. The number of benzene rings is 2. The van der Waals surface area contributed by atoms with Gasteiger partial charge >= 0.3 is 8.80 Å². The molecule has 0 bridgehead atoms. The van der Waals surface area contributed by atoms with E-state index in [0.29, 0.717) is 0 Å². The molecule has 0 spiro atoms. The van der Waals surface area contributed by atoms with Crippen molar-refractivity contribution < 1.29 is 13.3 Å². The summed E-state index contributed by atoms with van der Waals surface area (Å²) >= 11 is 0. The van der Waals surface area contributed by atoms with Gasteiger partial charge in [0.2, 0.25) is 0 Å². The summed E-state index contributed by atoms with van der Waals surface area (Å²) in [7, 11) is 2.40. The Morgan fingerprint density at radius 2 is 1.37 bits per heavy atom. The zero-order chi connectivity index (χ0) is 19.1. The van der Waals surface area contributed by atoms with Crippen molar-refractivity contribution in [2.45, 2.75) is 19.0 Å². The number of hydrogen-bond acceptors (Lipinski definition) is 4. The summed E-state index contributed by atoms with van der Waals surface area (Å²) in [5.74, 6) is 0. The predicted octanol–water partition coefficient (Wildman–Crippen LogP) is 4.49. The fourth-order valence-electron chi connectivity index (χ4n) is 3.28. The van der Waals surface area contributed by atoms with Gasteiger partial charge in [-0.2, -0.15) is 0 Å². The highest BCUT2D eigenvalue weighted by atomic mass is 28.4. The van der Waals surface area contributed by atoms with E-state index >= 15 is 0 Å². The van der Waals surface area contributed by atoms with Crippen molar-refractivity contribution in [3.63, 3.8) is 0 Å². The van der Waals surface area contributed by atoms with Gasteiger partial charge < -0.3 is 17.8 Å². The number of rotatable bonds is 9. The first-order valence-corrected chi connectivity index (χ1v) is 11.0. The van der Waals surface area contributed by atoms with Crippen LogP contribution in [-0.2, 0) is 19.8 Å². The highest BCUT2D eigenvalue weighted by Gasteiger charge is 2.37. The Morgan fingerprint density at radius 3 is 1.93 bits per heavy atom. The Kier molecular flexibility index (Phi) is 6.57. The Balaban J connectivity index is 1.89. The molecule has 3 rings (SSSR count). The molecule has 0 N–H and O–H groups in total. The van der Waals surface area contributed by atoms with Crippen LogP contribution in [0.2, 0.25) is 6.04 Å². The van der Waals surface area contributed by atoms with Crippen molar-refractivity contribution >= 4 is 8.80 Å². The fourth-order valence-corrected chi connectivity index (χ4v) is 4.98. The Hall–Kier alpha value is -2.25. The largest absolute Gasteiger partial charge is 0.500 e. The molecule has 6 heteroatoms. The first-order chi connectivity index (χ1) is 13.2. The lowest BCUT2D eigenvalue weighted by Crippen LogP contribution is -2.42. The molecule has 2 aromatic carbocycles. The third-order valence-electron chi connectivity index (χ3n) is 4.75. The van der Waals surface area contributed by atoms with E-state index in [4.69, 9.17) is 18.3 Å². The molecule has 27 heavy (non-hydrogen) atoms. The van der Waals surface area contributed by atoms with Crippen molar-refractivity contribution in [1.82, 2.24) is 9.55 Å². The van der Waals surface area contributed by atoms with Crippen LogP contribution in [0, 0.1) is 0 Å². The molecule has 0 atom stereocenters. The monoisotopic (exact) mass is 382 g/mol. The summed E-state index contributed by atoms with van der Waals surface area (Å²) in [5.41, 5.74) is 4.39. The minimum Gasteiger partial charge on any atom is -0.377 e. The highest BCUT2D eigenvalue weighted by molar-refractivity contribution is 6.60. The highest BCUT2D eigenvalue weighted by Crippen LogP contribution is 2.31. The van der Waals surface area contributed by atoms with E-state index in [1.807, 2.05) is 30.6 Å². The van der Waals surface area contributed by atoms with Gasteiger partial charge in [-0.1, -0.05) is 60.7 Å². The average molecular weight is 383 g/mol. The fraction of sp³-hybridized carbons (Fsp3) is 0.286. The summed E-state index contributed by atoms with van der Waals surface area (Å²) in [5, 5.41) is 0. The zero-order valence-corrected chi connectivity index (χ0v) is 17.1. The molecular formula is C21H26N2O3Si. The topological polar surface area (TPSA) is 45.5 Å². The van der Waals surface area contributed by atoms with Gasteiger partial charge in [-0.25, -0.2) is 4.98 Å². The number of imidazole rings is 1. The molecule has 0 aliphatic carbocycles. The molecule has 0 saturated heterocycles. The maximum Gasteiger partial charge on any atom is 0.500 e. The van der Waals surface area contributed by atoms with E-state index in [1.54, 1.807) is 21.3 Å². The van der Waals surface area contributed by atoms with Crippen molar-refractivity contribution in [3.05, 3.63) is 67.0 Å². The van der Waals surface area contributed by atoms with Crippen LogP contribution in [-0.4, -0.2) is 39.7 Å². The summed E-state index contributed by atoms with van der Waals surface area (Å²) in [6.07, 6.45) is 2.80. The van der Waals surface area contributed by atoms with Crippen molar-refractivity contribution in [2.24, 2.45) is 0 Å². The lowest BCUT2D eigenvalue weighted by atomic mass is 10.0. The Bertz CT molecular complexity index is 825. The second-order valence-electron chi connectivity index (χ2n) is 6.27. The molecule has 0 unspecified atom stereocenters. The SMILES string of the molecule is CO[Si](CCCn1cnc(-c2ccccc2)c1-c1ccccc1)(OC)OC. The van der Waals surface area contributed by atoms with Crippen LogP contribution in [0.5, 0.6) is 0 Å². The van der Waals surface area contributed by atoms with Crippen molar-refractivity contribution in [1.29, 1.82) is 0 Å². The van der Waals surface area contributed by atoms with Crippen LogP contribution in [0.25, 0.3) is 22.5 Å². The van der Waals surface area contributed by atoms with Gasteiger partial charge in [0.15, 0.2) is 0 Å². The normalized spacial score (nSPS) is 11.7. The third kappa shape index (κ3) is 4.36. The van der Waals surface area contributed by atoms with E-state index < -0.39 is 8.80 Å². The molecule has 0 aliphatic heterocycles. The molecule has 0 amide bonds. The molecule has 0 saturated carbocycles. The second-order valence-corrected chi connectivity index (χ2v) is 9.36. The lowest BCUT2D eigenvalue weighted by molar-refractivity contribution is 0.122. The van der Waals surface area contributed by atoms with E-state index in [1.165, 1.54) is 0 Å². The van der Waals surface area contributed by atoms with Crippen molar-refractivity contribution in [2.75, 3.05) is 21.3 Å². The van der Waals surface area contributed by atoms with Gasteiger partial charge in [0, 0.05) is 45.0 Å². The molecule has 3 aromatic rings. The molecular weight excluding hydrogens is 356 g/mol. The third-order valence-corrected chi connectivity index (χ3v) is 7.58. The zero-order valence-electron chi connectivity index (χ0n) is 16.1. The van der Waals surface area contributed by atoms with Crippen LogP contribution in [0.15, 0.2) is 67.0 Å². The number of aryl methyl sites for hydroxylation is 1. The molecule has 142 valence electrons. The smallest absolute Gasteiger partial charge is 0.377 e. The van der Waals surface area contributed by atoms with Gasteiger partial charge in [-0.15, -0.1) is 0 Å². The van der Waals surface area contributed by atoms with Crippen LogP contribution in [0.1, 0.15) is 6.42 Å². The van der Waals surface area contributed by atoms with Crippen molar-refractivity contribution in [3.8, 4) is 22.5 Å².